The zero-order valence-corrected chi connectivity index (χ0v) is 16.0. The Labute approximate surface area is 151 Å². The molecule has 0 bridgehead atoms. The summed E-state index contributed by atoms with van der Waals surface area (Å²) in [6, 6.07) is 8.16. The van der Waals surface area contributed by atoms with Crippen molar-refractivity contribution in [1.29, 1.82) is 0 Å². The van der Waals surface area contributed by atoms with Gasteiger partial charge in [0.2, 0.25) is 0 Å². The molecule has 5 nitrogen and oxygen atoms in total. The molecule has 5 heteroatoms. The third-order valence-corrected chi connectivity index (χ3v) is 4.45. The fraction of sp³-hybridized carbons (Fsp3) is 0.650. The van der Waals surface area contributed by atoms with Crippen molar-refractivity contribution in [1.82, 2.24) is 10.6 Å². The quantitative estimate of drug-likeness (QED) is 0.547. The highest BCUT2D eigenvalue weighted by atomic mass is 16.5. The Morgan fingerprint density at radius 2 is 2.00 bits per heavy atom. The van der Waals surface area contributed by atoms with Gasteiger partial charge in [0, 0.05) is 19.7 Å². The molecule has 2 rings (SSSR count). The standard InChI is InChI=1S/C20H33N3O2/c1-5-21-19(22-13-17-7-6-12-25-17)23-14-18(24)15-8-10-16(11-9-15)20(2,3)4/h8-11,17-18,24H,5-7,12-14H2,1-4H3,(H2,21,22,23). The van der Waals surface area contributed by atoms with E-state index >= 15 is 0 Å². The van der Waals surface area contributed by atoms with Crippen LogP contribution >= 0.6 is 0 Å². The van der Waals surface area contributed by atoms with Crippen molar-refractivity contribution in [2.24, 2.45) is 4.99 Å². The first-order valence-corrected chi connectivity index (χ1v) is 9.32. The van der Waals surface area contributed by atoms with Crippen LogP contribution in [0.5, 0.6) is 0 Å². The maximum atomic E-state index is 10.4. The minimum absolute atomic E-state index is 0.117. The Kier molecular flexibility index (Phi) is 7.26. The molecule has 0 saturated carbocycles. The maximum absolute atomic E-state index is 10.4. The van der Waals surface area contributed by atoms with Crippen molar-refractivity contribution >= 4 is 5.96 Å². The summed E-state index contributed by atoms with van der Waals surface area (Å²) >= 11 is 0. The molecule has 140 valence electrons. The van der Waals surface area contributed by atoms with E-state index in [4.69, 9.17) is 4.74 Å². The van der Waals surface area contributed by atoms with Crippen LogP contribution in [0.4, 0.5) is 0 Å². The van der Waals surface area contributed by atoms with Gasteiger partial charge in [0.25, 0.3) is 0 Å². The number of aliphatic imine (C=N–C) groups is 1. The fourth-order valence-corrected chi connectivity index (χ4v) is 2.85. The van der Waals surface area contributed by atoms with Crippen LogP contribution < -0.4 is 10.6 Å². The summed E-state index contributed by atoms with van der Waals surface area (Å²) < 4.78 is 5.62. The second-order valence-corrected chi connectivity index (χ2v) is 7.62. The minimum Gasteiger partial charge on any atom is -0.386 e. The largest absolute Gasteiger partial charge is 0.386 e. The fourth-order valence-electron chi connectivity index (χ4n) is 2.85. The average Bonchev–Trinajstić information content (AvgIpc) is 3.10. The lowest BCUT2D eigenvalue weighted by Crippen LogP contribution is -2.41. The lowest BCUT2D eigenvalue weighted by atomic mass is 9.86. The van der Waals surface area contributed by atoms with Gasteiger partial charge >= 0.3 is 0 Å². The zero-order chi connectivity index (χ0) is 18.3. The first-order valence-electron chi connectivity index (χ1n) is 9.32. The van der Waals surface area contributed by atoms with Gasteiger partial charge in [0.1, 0.15) is 0 Å². The van der Waals surface area contributed by atoms with Gasteiger partial charge in [-0.2, -0.15) is 0 Å². The normalized spacial score (nSPS) is 19.7. The van der Waals surface area contributed by atoms with E-state index in [1.54, 1.807) is 0 Å². The van der Waals surface area contributed by atoms with Crippen molar-refractivity contribution in [3.8, 4) is 0 Å². The number of nitrogens with one attached hydrogen (secondary N) is 2. The summed E-state index contributed by atoms with van der Waals surface area (Å²) in [5.74, 6) is 0.725. The van der Waals surface area contributed by atoms with E-state index in [2.05, 4.69) is 48.5 Å². The Morgan fingerprint density at radius 1 is 1.28 bits per heavy atom. The van der Waals surface area contributed by atoms with Gasteiger partial charge in [-0.25, -0.2) is 0 Å². The van der Waals surface area contributed by atoms with Crippen LogP contribution in [0.25, 0.3) is 0 Å². The number of aliphatic hydroxyl groups is 1. The van der Waals surface area contributed by atoms with Crippen LogP contribution in [0.1, 0.15) is 57.8 Å². The number of aliphatic hydroxyl groups excluding tert-OH is 1. The molecule has 1 aliphatic rings. The third-order valence-electron chi connectivity index (χ3n) is 4.45. The smallest absolute Gasteiger partial charge is 0.191 e. The van der Waals surface area contributed by atoms with Crippen molar-refractivity contribution < 1.29 is 9.84 Å². The SMILES string of the molecule is CCNC(=NCC(O)c1ccc(C(C)(C)C)cc1)NCC1CCCO1. The molecule has 1 aliphatic heterocycles. The Balaban J connectivity index is 1.91. The third kappa shape index (κ3) is 6.33. The molecule has 2 unspecified atom stereocenters. The van der Waals surface area contributed by atoms with Gasteiger partial charge in [-0.15, -0.1) is 0 Å². The molecule has 1 aromatic carbocycles. The monoisotopic (exact) mass is 347 g/mol. The summed E-state index contributed by atoms with van der Waals surface area (Å²) in [6.45, 7) is 11.3. The van der Waals surface area contributed by atoms with Crippen LogP contribution in [0, 0.1) is 0 Å². The van der Waals surface area contributed by atoms with Gasteiger partial charge in [-0.05, 0) is 36.3 Å². The molecule has 1 heterocycles. The lowest BCUT2D eigenvalue weighted by molar-refractivity contribution is 0.113. The van der Waals surface area contributed by atoms with Crippen molar-refractivity contribution in [2.45, 2.75) is 58.2 Å². The predicted octanol–water partition coefficient (Wildman–Crippen LogP) is 2.75. The Hall–Kier alpha value is -1.59. The molecular weight excluding hydrogens is 314 g/mol. The van der Waals surface area contributed by atoms with E-state index in [9.17, 15) is 5.11 Å². The number of guanidine groups is 1. The Morgan fingerprint density at radius 3 is 2.56 bits per heavy atom. The summed E-state index contributed by atoms with van der Waals surface area (Å²) in [5, 5.41) is 16.9. The number of ether oxygens (including phenoxy) is 1. The van der Waals surface area contributed by atoms with Gasteiger partial charge < -0.3 is 20.5 Å². The highest BCUT2D eigenvalue weighted by Crippen LogP contribution is 2.24. The van der Waals surface area contributed by atoms with Crippen LogP contribution in [0.15, 0.2) is 29.3 Å². The summed E-state index contributed by atoms with van der Waals surface area (Å²) in [4.78, 5) is 4.51. The lowest BCUT2D eigenvalue weighted by Gasteiger charge is -2.20. The maximum Gasteiger partial charge on any atom is 0.191 e. The molecule has 0 spiro atoms. The summed E-state index contributed by atoms with van der Waals surface area (Å²) in [5.41, 5.74) is 2.27. The van der Waals surface area contributed by atoms with E-state index in [1.165, 1.54) is 5.56 Å². The van der Waals surface area contributed by atoms with Crippen LogP contribution in [-0.4, -0.2) is 43.4 Å². The first-order chi connectivity index (χ1) is 11.9. The summed E-state index contributed by atoms with van der Waals surface area (Å²) in [7, 11) is 0. The zero-order valence-electron chi connectivity index (χ0n) is 16.0. The number of nitrogens with zero attached hydrogens (tertiary/aromatic N) is 1. The molecule has 0 radical (unpaired) electrons. The molecule has 2 atom stereocenters. The van der Waals surface area contributed by atoms with E-state index < -0.39 is 6.10 Å². The second kappa shape index (κ2) is 9.20. The molecule has 0 aliphatic carbocycles. The van der Waals surface area contributed by atoms with E-state index in [-0.39, 0.29) is 11.5 Å². The average molecular weight is 348 g/mol. The molecule has 0 amide bonds. The van der Waals surface area contributed by atoms with Gasteiger partial charge in [0.05, 0.1) is 18.8 Å². The highest BCUT2D eigenvalue weighted by Gasteiger charge is 2.16. The number of hydrogen-bond acceptors (Lipinski definition) is 3. The van der Waals surface area contributed by atoms with Gasteiger partial charge in [-0.1, -0.05) is 45.0 Å². The minimum atomic E-state index is -0.604. The van der Waals surface area contributed by atoms with E-state index in [0.717, 1.165) is 44.1 Å². The number of rotatable bonds is 6. The number of benzene rings is 1. The predicted molar refractivity (Wildman–Crippen MR) is 103 cm³/mol. The number of hydrogen-bond donors (Lipinski definition) is 3. The molecule has 0 aromatic heterocycles. The van der Waals surface area contributed by atoms with Crippen LogP contribution in [0.3, 0.4) is 0 Å². The van der Waals surface area contributed by atoms with Crippen molar-refractivity contribution in [3.05, 3.63) is 35.4 Å². The van der Waals surface area contributed by atoms with E-state index in [0.29, 0.717) is 6.54 Å². The molecule has 1 fully saturated rings. The van der Waals surface area contributed by atoms with Crippen LogP contribution in [-0.2, 0) is 10.2 Å². The van der Waals surface area contributed by atoms with Gasteiger partial charge in [-0.3, -0.25) is 4.99 Å². The molecule has 1 saturated heterocycles. The van der Waals surface area contributed by atoms with Crippen LogP contribution in [0.2, 0.25) is 0 Å². The van der Waals surface area contributed by atoms with Gasteiger partial charge in [0.15, 0.2) is 5.96 Å². The first kappa shape index (κ1) is 19.7. The van der Waals surface area contributed by atoms with Crippen molar-refractivity contribution in [3.63, 3.8) is 0 Å². The molecule has 1 aromatic rings. The molecular formula is C20H33N3O2. The van der Waals surface area contributed by atoms with Crippen molar-refractivity contribution in [2.75, 3.05) is 26.2 Å². The Bertz CT molecular complexity index is 543. The molecule has 3 N–H and O–H groups in total. The molecule has 25 heavy (non-hydrogen) atoms. The highest BCUT2D eigenvalue weighted by molar-refractivity contribution is 5.79. The summed E-state index contributed by atoms with van der Waals surface area (Å²) in [6.07, 6.45) is 1.88. The van der Waals surface area contributed by atoms with E-state index in [1.807, 2.05) is 19.1 Å². The second-order valence-electron chi connectivity index (χ2n) is 7.62. The topological polar surface area (TPSA) is 65.9 Å².